The maximum atomic E-state index is 13.1. The van der Waals surface area contributed by atoms with Crippen LogP contribution >= 0.6 is 11.3 Å². The number of aromatic nitrogens is 1. The molecule has 1 saturated heterocycles. The lowest BCUT2D eigenvalue weighted by molar-refractivity contribution is 0.0637. The summed E-state index contributed by atoms with van der Waals surface area (Å²) >= 11 is 1.55. The molecule has 3 aromatic rings. The first-order chi connectivity index (χ1) is 14.0. The van der Waals surface area contributed by atoms with E-state index in [-0.39, 0.29) is 23.4 Å². The molecule has 0 bridgehead atoms. The van der Waals surface area contributed by atoms with Crippen LogP contribution in [-0.2, 0) is 0 Å². The summed E-state index contributed by atoms with van der Waals surface area (Å²) in [6.07, 6.45) is 1.51. The van der Waals surface area contributed by atoms with Crippen molar-refractivity contribution in [1.29, 1.82) is 0 Å². The van der Waals surface area contributed by atoms with Crippen molar-refractivity contribution in [1.82, 2.24) is 9.88 Å². The van der Waals surface area contributed by atoms with Gasteiger partial charge in [0.15, 0.2) is 5.78 Å². The quantitative estimate of drug-likeness (QED) is 0.571. The van der Waals surface area contributed by atoms with E-state index in [1.807, 2.05) is 30.5 Å². The largest absolute Gasteiger partial charge is 0.338 e. The minimum atomic E-state index is -0.364. The number of likely N-dealkylation sites (tertiary alicyclic amines) is 1. The molecule has 6 heteroatoms. The summed E-state index contributed by atoms with van der Waals surface area (Å²) < 4.78 is 13.1. The predicted molar refractivity (Wildman–Crippen MR) is 112 cm³/mol. The van der Waals surface area contributed by atoms with Crippen LogP contribution in [0.3, 0.4) is 0 Å². The Hall–Kier alpha value is -2.86. The number of ketones is 1. The van der Waals surface area contributed by atoms with Gasteiger partial charge in [-0.1, -0.05) is 12.1 Å². The van der Waals surface area contributed by atoms with Crippen LogP contribution in [0.2, 0.25) is 0 Å². The highest BCUT2D eigenvalue weighted by molar-refractivity contribution is 7.13. The monoisotopic (exact) mass is 408 g/mol. The fraction of sp³-hybridized carbons (Fsp3) is 0.261. The first kappa shape index (κ1) is 19.5. The molecule has 0 N–H and O–H groups in total. The van der Waals surface area contributed by atoms with Gasteiger partial charge in [-0.3, -0.25) is 9.59 Å². The van der Waals surface area contributed by atoms with Gasteiger partial charge in [-0.25, -0.2) is 9.37 Å². The highest BCUT2D eigenvalue weighted by Gasteiger charge is 2.29. The molecule has 2 aromatic carbocycles. The van der Waals surface area contributed by atoms with Crippen LogP contribution in [-0.4, -0.2) is 34.7 Å². The van der Waals surface area contributed by atoms with Crippen molar-refractivity contribution in [2.45, 2.75) is 19.8 Å². The number of piperidine rings is 1. The average molecular weight is 408 g/mol. The topological polar surface area (TPSA) is 50.3 Å². The van der Waals surface area contributed by atoms with Crippen LogP contribution in [0, 0.1) is 18.7 Å². The molecule has 2 heterocycles. The van der Waals surface area contributed by atoms with Crippen LogP contribution in [0.5, 0.6) is 0 Å². The van der Waals surface area contributed by atoms with Gasteiger partial charge in [-0.15, -0.1) is 11.3 Å². The fourth-order valence-corrected chi connectivity index (χ4v) is 4.47. The molecule has 0 spiro atoms. The number of Topliss-reactive ketones (excluding diaryl/α,β-unsaturated/α-hetero) is 1. The third-order valence-electron chi connectivity index (χ3n) is 5.18. The molecule has 0 radical (unpaired) electrons. The maximum Gasteiger partial charge on any atom is 0.253 e. The van der Waals surface area contributed by atoms with Crippen LogP contribution in [0.4, 0.5) is 4.39 Å². The molecule has 1 amide bonds. The molecule has 148 valence electrons. The SMILES string of the molecule is Cc1csc(-c2cccc(C(=O)N3CCCC(C(=O)c4ccc(F)cc4)C3)c2)n1. The second-order valence-corrected chi connectivity index (χ2v) is 8.19. The number of rotatable bonds is 4. The molecule has 0 saturated carbocycles. The summed E-state index contributed by atoms with van der Waals surface area (Å²) in [5.74, 6) is -0.730. The summed E-state index contributed by atoms with van der Waals surface area (Å²) in [5.41, 5.74) is 2.97. The maximum absolute atomic E-state index is 13.1. The lowest BCUT2D eigenvalue weighted by Crippen LogP contribution is -2.42. The first-order valence-electron chi connectivity index (χ1n) is 9.63. The molecular weight excluding hydrogens is 387 g/mol. The number of halogens is 1. The molecular formula is C23H21FN2O2S. The van der Waals surface area contributed by atoms with Gasteiger partial charge in [0.05, 0.1) is 0 Å². The number of hydrogen-bond donors (Lipinski definition) is 0. The number of nitrogens with zero attached hydrogens (tertiary/aromatic N) is 2. The van der Waals surface area contributed by atoms with Gasteiger partial charge in [0, 0.05) is 46.8 Å². The van der Waals surface area contributed by atoms with Gasteiger partial charge >= 0.3 is 0 Å². The van der Waals surface area contributed by atoms with E-state index in [1.165, 1.54) is 24.3 Å². The van der Waals surface area contributed by atoms with Gasteiger partial charge in [-0.05, 0) is 56.2 Å². The van der Waals surface area contributed by atoms with Crippen molar-refractivity contribution in [2.75, 3.05) is 13.1 Å². The molecule has 0 aliphatic carbocycles. The molecule has 4 rings (SSSR count). The Morgan fingerprint density at radius 1 is 1.14 bits per heavy atom. The Kier molecular flexibility index (Phi) is 5.53. The minimum absolute atomic E-state index is 0.0329. The van der Waals surface area contributed by atoms with Crippen molar-refractivity contribution >= 4 is 23.0 Å². The molecule has 4 nitrogen and oxygen atoms in total. The van der Waals surface area contributed by atoms with Crippen LogP contribution < -0.4 is 0 Å². The standard InChI is InChI=1S/C23H21FN2O2S/c1-15-14-29-22(25-15)17-4-2-5-18(12-17)23(28)26-11-3-6-19(13-26)21(27)16-7-9-20(24)10-8-16/h2,4-5,7-10,12,14,19H,3,6,11,13H2,1H3. The lowest BCUT2D eigenvalue weighted by atomic mass is 9.89. The van der Waals surface area contributed by atoms with Crippen LogP contribution in [0.15, 0.2) is 53.9 Å². The Balaban J connectivity index is 1.50. The van der Waals surface area contributed by atoms with E-state index >= 15 is 0 Å². The molecule has 1 aliphatic heterocycles. The zero-order chi connectivity index (χ0) is 20.4. The molecule has 1 unspecified atom stereocenters. The number of hydrogen-bond acceptors (Lipinski definition) is 4. The Bertz CT molecular complexity index is 1050. The summed E-state index contributed by atoms with van der Waals surface area (Å²) in [4.78, 5) is 32.1. The smallest absolute Gasteiger partial charge is 0.253 e. The molecule has 1 atom stereocenters. The van der Waals surface area contributed by atoms with Gasteiger partial charge in [0.2, 0.25) is 0 Å². The van der Waals surface area contributed by atoms with Crippen molar-refractivity contribution in [3.8, 4) is 10.6 Å². The van der Waals surface area contributed by atoms with Gasteiger partial charge < -0.3 is 4.90 Å². The normalized spacial score (nSPS) is 16.6. The van der Waals surface area contributed by atoms with E-state index in [0.29, 0.717) is 24.2 Å². The van der Waals surface area contributed by atoms with Crippen molar-refractivity contribution in [3.05, 3.63) is 76.5 Å². The number of thiazole rings is 1. The van der Waals surface area contributed by atoms with E-state index in [1.54, 1.807) is 22.3 Å². The van der Waals surface area contributed by atoms with E-state index in [9.17, 15) is 14.0 Å². The van der Waals surface area contributed by atoms with Gasteiger partial charge in [-0.2, -0.15) is 0 Å². The number of benzene rings is 2. The minimum Gasteiger partial charge on any atom is -0.338 e. The van der Waals surface area contributed by atoms with Crippen LogP contribution in [0.1, 0.15) is 39.3 Å². The summed E-state index contributed by atoms with van der Waals surface area (Å²) in [7, 11) is 0. The Morgan fingerprint density at radius 3 is 2.66 bits per heavy atom. The second-order valence-electron chi connectivity index (χ2n) is 7.34. The van der Waals surface area contributed by atoms with Crippen LogP contribution in [0.25, 0.3) is 10.6 Å². The first-order valence-corrected chi connectivity index (χ1v) is 10.5. The van der Waals surface area contributed by atoms with E-state index in [0.717, 1.165) is 29.1 Å². The molecule has 1 fully saturated rings. The van der Waals surface area contributed by atoms with E-state index in [4.69, 9.17) is 0 Å². The Labute approximate surface area is 173 Å². The zero-order valence-electron chi connectivity index (χ0n) is 16.1. The highest BCUT2D eigenvalue weighted by Crippen LogP contribution is 2.26. The summed E-state index contributed by atoms with van der Waals surface area (Å²) in [6, 6.07) is 13.1. The average Bonchev–Trinajstić information content (AvgIpc) is 3.20. The highest BCUT2D eigenvalue weighted by atomic mass is 32.1. The Morgan fingerprint density at radius 2 is 1.93 bits per heavy atom. The molecule has 29 heavy (non-hydrogen) atoms. The summed E-state index contributed by atoms with van der Waals surface area (Å²) in [5, 5.41) is 2.88. The third-order valence-corrected chi connectivity index (χ3v) is 6.19. The number of amides is 1. The van der Waals surface area contributed by atoms with Crippen molar-refractivity contribution in [3.63, 3.8) is 0 Å². The fourth-order valence-electron chi connectivity index (χ4n) is 3.68. The second kappa shape index (κ2) is 8.25. The third kappa shape index (κ3) is 4.27. The van der Waals surface area contributed by atoms with Crippen molar-refractivity contribution in [2.24, 2.45) is 5.92 Å². The zero-order valence-corrected chi connectivity index (χ0v) is 16.9. The summed E-state index contributed by atoms with van der Waals surface area (Å²) in [6.45, 7) is 2.96. The van der Waals surface area contributed by atoms with E-state index in [2.05, 4.69) is 4.98 Å². The van der Waals surface area contributed by atoms with Gasteiger partial charge in [0.25, 0.3) is 5.91 Å². The molecule has 1 aliphatic rings. The lowest BCUT2D eigenvalue weighted by Gasteiger charge is -2.32. The predicted octanol–water partition coefficient (Wildman–Crippen LogP) is 4.99. The van der Waals surface area contributed by atoms with Gasteiger partial charge in [0.1, 0.15) is 10.8 Å². The number of aryl methyl sites for hydroxylation is 1. The number of carbonyl (C=O) groups is 2. The molecule has 1 aromatic heterocycles. The van der Waals surface area contributed by atoms with E-state index < -0.39 is 0 Å². The number of carbonyl (C=O) groups excluding carboxylic acids is 2. The van der Waals surface area contributed by atoms with Crippen molar-refractivity contribution < 1.29 is 14.0 Å².